The van der Waals surface area contributed by atoms with Gasteiger partial charge in [-0.1, -0.05) is 32.6 Å². The first-order valence-electron chi connectivity index (χ1n) is 9.08. The highest BCUT2D eigenvalue weighted by Crippen LogP contribution is 2.30. The molecule has 1 N–H and O–H groups in total. The molecule has 1 aromatic rings. The van der Waals surface area contributed by atoms with Crippen molar-refractivity contribution in [2.24, 2.45) is 5.92 Å². The second-order valence-corrected chi connectivity index (χ2v) is 7.94. The van der Waals surface area contributed by atoms with E-state index < -0.39 is 0 Å². The Labute approximate surface area is 148 Å². The number of thiazole rings is 1. The van der Waals surface area contributed by atoms with E-state index in [-0.39, 0.29) is 18.4 Å². The Bertz CT molecular complexity index is 540. The fourth-order valence-electron chi connectivity index (χ4n) is 2.65. The van der Waals surface area contributed by atoms with Gasteiger partial charge in [-0.3, -0.25) is 9.59 Å². The van der Waals surface area contributed by atoms with Crippen LogP contribution in [-0.2, 0) is 9.59 Å². The van der Waals surface area contributed by atoms with Crippen molar-refractivity contribution < 1.29 is 9.59 Å². The number of nitrogens with one attached hydrogen (secondary N) is 1. The molecule has 1 saturated carbocycles. The van der Waals surface area contributed by atoms with E-state index in [0.717, 1.165) is 24.3 Å². The first kappa shape index (κ1) is 18.9. The molecule has 1 aliphatic carbocycles. The summed E-state index contributed by atoms with van der Waals surface area (Å²) in [6, 6.07) is 0. The first-order chi connectivity index (χ1) is 11.6. The average molecular weight is 352 g/mol. The molecular weight excluding hydrogens is 322 g/mol. The minimum Gasteiger partial charge on any atom is -0.333 e. The van der Waals surface area contributed by atoms with Gasteiger partial charge in [0.15, 0.2) is 5.13 Å². The molecule has 1 aliphatic rings. The number of nitrogens with zero attached hydrogens (tertiary/aromatic N) is 2. The predicted molar refractivity (Wildman–Crippen MR) is 98.2 cm³/mol. The maximum Gasteiger partial charge on any atom is 0.245 e. The van der Waals surface area contributed by atoms with E-state index in [9.17, 15) is 9.59 Å². The molecule has 0 aliphatic heterocycles. The molecule has 0 unspecified atom stereocenters. The zero-order valence-corrected chi connectivity index (χ0v) is 15.7. The summed E-state index contributed by atoms with van der Waals surface area (Å²) < 4.78 is 0. The SMILES string of the molecule is CCCCCCCC(=O)N(CC(=O)Nc1ncc(C)s1)CC1CC1. The van der Waals surface area contributed by atoms with Crippen LogP contribution in [0.2, 0.25) is 0 Å². The largest absolute Gasteiger partial charge is 0.333 e. The van der Waals surface area contributed by atoms with Gasteiger partial charge in [-0.15, -0.1) is 11.3 Å². The number of aromatic nitrogens is 1. The summed E-state index contributed by atoms with van der Waals surface area (Å²) in [5.41, 5.74) is 0. The average Bonchev–Trinajstić information content (AvgIpc) is 3.27. The van der Waals surface area contributed by atoms with Crippen molar-refractivity contribution >= 4 is 28.3 Å². The van der Waals surface area contributed by atoms with Crippen molar-refractivity contribution in [3.63, 3.8) is 0 Å². The third kappa shape index (κ3) is 6.99. The maximum atomic E-state index is 12.5. The van der Waals surface area contributed by atoms with Gasteiger partial charge < -0.3 is 10.2 Å². The summed E-state index contributed by atoms with van der Waals surface area (Å²) in [6.45, 7) is 5.00. The molecule has 5 nitrogen and oxygen atoms in total. The van der Waals surface area contributed by atoms with Crippen LogP contribution >= 0.6 is 11.3 Å². The van der Waals surface area contributed by atoms with Gasteiger partial charge in [0.05, 0.1) is 6.54 Å². The van der Waals surface area contributed by atoms with E-state index in [1.54, 1.807) is 11.1 Å². The Balaban J connectivity index is 1.78. The second-order valence-electron chi connectivity index (χ2n) is 6.71. The van der Waals surface area contributed by atoms with Crippen molar-refractivity contribution in [2.45, 2.75) is 65.2 Å². The summed E-state index contributed by atoms with van der Waals surface area (Å²) >= 11 is 1.45. The normalized spacial score (nSPS) is 13.8. The van der Waals surface area contributed by atoms with Crippen LogP contribution in [0.4, 0.5) is 5.13 Å². The van der Waals surface area contributed by atoms with Crippen LogP contribution in [0.3, 0.4) is 0 Å². The van der Waals surface area contributed by atoms with E-state index >= 15 is 0 Å². The number of amides is 2. The van der Waals surface area contributed by atoms with Crippen molar-refractivity contribution in [1.82, 2.24) is 9.88 Å². The lowest BCUT2D eigenvalue weighted by Crippen LogP contribution is -2.39. The fraction of sp³-hybridized carbons (Fsp3) is 0.722. The van der Waals surface area contributed by atoms with E-state index in [2.05, 4.69) is 17.2 Å². The highest BCUT2D eigenvalue weighted by Gasteiger charge is 2.27. The third-order valence-electron chi connectivity index (χ3n) is 4.22. The number of unbranched alkanes of at least 4 members (excludes halogenated alkanes) is 4. The molecule has 1 fully saturated rings. The number of hydrogen-bond acceptors (Lipinski definition) is 4. The van der Waals surface area contributed by atoms with Gasteiger partial charge in [0.1, 0.15) is 0 Å². The summed E-state index contributed by atoms with van der Waals surface area (Å²) in [5.74, 6) is 0.553. The molecule has 0 radical (unpaired) electrons. The lowest BCUT2D eigenvalue weighted by Gasteiger charge is -2.22. The Kier molecular flexibility index (Phi) is 7.69. The maximum absolute atomic E-state index is 12.5. The zero-order chi connectivity index (χ0) is 17.4. The molecule has 0 saturated heterocycles. The Morgan fingerprint density at radius 3 is 2.67 bits per heavy atom. The Hall–Kier alpha value is -1.43. The van der Waals surface area contributed by atoms with Crippen LogP contribution in [-0.4, -0.2) is 34.8 Å². The highest BCUT2D eigenvalue weighted by atomic mass is 32.1. The van der Waals surface area contributed by atoms with E-state index in [0.29, 0.717) is 17.5 Å². The predicted octanol–water partition coefficient (Wildman–Crippen LogP) is 3.99. The van der Waals surface area contributed by atoms with Gasteiger partial charge in [-0.25, -0.2) is 4.98 Å². The van der Waals surface area contributed by atoms with E-state index in [4.69, 9.17) is 0 Å². The van der Waals surface area contributed by atoms with Crippen LogP contribution in [0.1, 0.15) is 63.2 Å². The van der Waals surface area contributed by atoms with Crippen LogP contribution in [0.15, 0.2) is 6.20 Å². The van der Waals surface area contributed by atoms with Gasteiger partial charge in [0.2, 0.25) is 11.8 Å². The minimum atomic E-state index is -0.149. The molecule has 0 spiro atoms. The molecule has 134 valence electrons. The van der Waals surface area contributed by atoms with E-state index in [1.165, 1.54) is 43.4 Å². The van der Waals surface area contributed by atoms with Gasteiger partial charge >= 0.3 is 0 Å². The monoisotopic (exact) mass is 351 g/mol. The number of rotatable bonds is 11. The second kappa shape index (κ2) is 9.77. The quantitative estimate of drug-likeness (QED) is 0.613. The van der Waals surface area contributed by atoms with Crippen molar-refractivity contribution in [3.05, 3.63) is 11.1 Å². The van der Waals surface area contributed by atoms with Gasteiger partial charge in [0, 0.05) is 24.0 Å². The number of anilines is 1. The molecule has 1 heterocycles. The lowest BCUT2D eigenvalue weighted by atomic mass is 10.1. The molecule has 2 rings (SSSR count). The molecule has 0 atom stereocenters. The minimum absolute atomic E-state index is 0.115. The molecule has 0 bridgehead atoms. The molecule has 1 aromatic heterocycles. The van der Waals surface area contributed by atoms with Gasteiger partial charge in [0.25, 0.3) is 0 Å². The van der Waals surface area contributed by atoms with Crippen molar-refractivity contribution in [3.8, 4) is 0 Å². The first-order valence-corrected chi connectivity index (χ1v) is 9.90. The topological polar surface area (TPSA) is 62.3 Å². The van der Waals surface area contributed by atoms with E-state index in [1.807, 2.05) is 6.92 Å². The van der Waals surface area contributed by atoms with Crippen molar-refractivity contribution in [2.75, 3.05) is 18.4 Å². The standard InChI is InChI=1S/C18H29N3O2S/c1-3-4-5-6-7-8-17(23)21(12-15-9-10-15)13-16(22)20-18-19-11-14(2)24-18/h11,15H,3-10,12-13H2,1-2H3,(H,19,20,22). The summed E-state index contributed by atoms with van der Waals surface area (Å²) in [5, 5.41) is 3.41. The number of carbonyl (C=O) groups excluding carboxylic acids is 2. The zero-order valence-electron chi connectivity index (χ0n) is 14.8. The third-order valence-corrected chi connectivity index (χ3v) is 5.05. The molecule has 2 amide bonds. The Morgan fingerprint density at radius 2 is 2.04 bits per heavy atom. The van der Waals surface area contributed by atoms with Crippen molar-refractivity contribution in [1.29, 1.82) is 0 Å². The van der Waals surface area contributed by atoms with Crippen LogP contribution in [0.5, 0.6) is 0 Å². The Morgan fingerprint density at radius 1 is 1.29 bits per heavy atom. The summed E-state index contributed by atoms with van der Waals surface area (Å²) in [6.07, 6.45) is 10.3. The number of carbonyl (C=O) groups is 2. The molecular formula is C18H29N3O2S. The highest BCUT2D eigenvalue weighted by molar-refractivity contribution is 7.15. The smallest absolute Gasteiger partial charge is 0.245 e. The molecule has 0 aromatic carbocycles. The number of hydrogen-bond donors (Lipinski definition) is 1. The molecule has 6 heteroatoms. The van der Waals surface area contributed by atoms with Crippen LogP contribution in [0.25, 0.3) is 0 Å². The van der Waals surface area contributed by atoms with Crippen LogP contribution in [0, 0.1) is 12.8 Å². The fourth-order valence-corrected chi connectivity index (χ4v) is 3.33. The summed E-state index contributed by atoms with van der Waals surface area (Å²) in [7, 11) is 0. The summed E-state index contributed by atoms with van der Waals surface area (Å²) in [4.78, 5) is 31.6. The number of aryl methyl sites for hydroxylation is 1. The van der Waals surface area contributed by atoms with Gasteiger partial charge in [-0.05, 0) is 32.1 Å². The molecule has 24 heavy (non-hydrogen) atoms. The lowest BCUT2D eigenvalue weighted by molar-refractivity contribution is -0.135. The van der Waals surface area contributed by atoms with Crippen LogP contribution < -0.4 is 5.32 Å². The van der Waals surface area contributed by atoms with Gasteiger partial charge in [-0.2, -0.15) is 0 Å².